The third-order valence-electron chi connectivity index (χ3n) is 3.24. The van der Waals surface area contributed by atoms with Gasteiger partial charge in [0.25, 0.3) is 0 Å². The van der Waals surface area contributed by atoms with Gasteiger partial charge in [0.2, 0.25) is 10.0 Å². The highest BCUT2D eigenvalue weighted by Gasteiger charge is 2.15. The largest absolute Gasteiger partial charge is 0.213 e. The summed E-state index contributed by atoms with van der Waals surface area (Å²) in [5.41, 5.74) is 11.2. The Morgan fingerprint density at radius 2 is 1.83 bits per heavy atom. The molecule has 7 heteroatoms. The zero-order chi connectivity index (χ0) is 17.6. The number of benzene rings is 2. The summed E-state index contributed by atoms with van der Waals surface area (Å²) in [7, 11) is -3.45. The average Bonchev–Trinajstić information content (AvgIpc) is 2.52. The van der Waals surface area contributed by atoms with E-state index < -0.39 is 16.1 Å². The van der Waals surface area contributed by atoms with Crippen LogP contribution in [0.4, 0.5) is 5.69 Å². The van der Waals surface area contributed by atoms with E-state index in [1.165, 1.54) is 0 Å². The van der Waals surface area contributed by atoms with Crippen LogP contribution in [0.25, 0.3) is 10.4 Å². The quantitative estimate of drug-likeness (QED) is 0.398. The van der Waals surface area contributed by atoms with Crippen LogP contribution in [0, 0.1) is 18.8 Å². The maximum absolute atomic E-state index is 11.7. The Bertz CT molecular complexity index is 952. The van der Waals surface area contributed by atoms with Crippen LogP contribution in [0.1, 0.15) is 22.7 Å². The topological polar surface area (TPSA) is 94.9 Å². The molecule has 1 N–H and O–H groups in total. The van der Waals surface area contributed by atoms with Crippen molar-refractivity contribution in [3.8, 4) is 11.8 Å². The van der Waals surface area contributed by atoms with Crippen LogP contribution in [0.15, 0.2) is 53.6 Å². The molecule has 1 unspecified atom stereocenters. The van der Waals surface area contributed by atoms with Gasteiger partial charge in [0, 0.05) is 10.5 Å². The van der Waals surface area contributed by atoms with E-state index in [9.17, 15) is 8.42 Å². The van der Waals surface area contributed by atoms with Crippen molar-refractivity contribution in [2.75, 3.05) is 6.26 Å². The molecule has 0 bridgehead atoms. The van der Waals surface area contributed by atoms with Crippen molar-refractivity contribution in [3.63, 3.8) is 0 Å². The number of nitrogens with one attached hydrogen (secondary N) is 1. The summed E-state index contributed by atoms with van der Waals surface area (Å²) in [6.07, 6.45) is 1.09. The summed E-state index contributed by atoms with van der Waals surface area (Å²) in [5, 5.41) is 3.59. The Labute approximate surface area is 141 Å². The van der Waals surface area contributed by atoms with Crippen molar-refractivity contribution in [1.29, 1.82) is 0 Å². The van der Waals surface area contributed by atoms with Gasteiger partial charge in [0.1, 0.15) is 6.04 Å². The van der Waals surface area contributed by atoms with Gasteiger partial charge >= 0.3 is 0 Å². The van der Waals surface area contributed by atoms with E-state index in [1.54, 1.807) is 24.3 Å². The number of azide groups is 1. The number of nitrogens with zero attached hydrogens (tertiary/aromatic N) is 3. The molecule has 24 heavy (non-hydrogen) atoms. The van der Waals surface area contributed by atoms with Crippen LogP contribution in [0.2, 0.25) is 0 Å². The van der Waals surface area contributed by atoms with Crippen LogP contribution in [-0.4, -0.2) is 14.7 Å². The molecule has 0 amide bonds. The number of hydrogen-bond acceptors (Lipinski definition) is 3. The molecule has 0 aromatic heterocycles. The summed E-state index contributed by atoms with van der Waals surface area (Å²) in [6, 6.07) is 13.6. The monoisotopic (exact) mass is 340 g/mol. The maximum Gasteiger partial charge on any atom is 0.210 e. The van der Waals surface area contributed by atoms with Gasteiger partial charge in [-0.3, -0.25) is 0 Å². The molecule has 0 saturated carbocycles. The smallest absolute Gasteiger partial charge is 0.210 e. The van der Waals surface area contributed by atoms with E-state index in [4.69, 9.17) is 5.53 Å². The van der Waals surface area contributed by atoms with Crippen LogP contribution in [0.5, 0.6) is 0 Å². The molecule has 0 aliphatic rings. The first-order valence-corrected chi connectivity index (χ1v) is 8.98. The molecule has 0 saturated heterocycles. The summed E-state index contributed by atoms with van der Waals surface area (Å²) >= 11 is 0. The summed E-state index contributed by atoms with van der Waals surface area (Å²) in [5.74, 6) is 5.83. The van der Waals surface area contributed by atoms with E-state index in [2.05, 4.69) is 26.6 Å². The molecule has 2 aromatic carbocycles. The van der Waals surface area contributed by atoms with Crippen molar-refractivity contribution >= 4 is 15.7 Å². The molecule has 2 rings (SSSR count). The fourth-order valence-electron chi connectivity index (χ4n) is 2.16. The number of rotatable bonds is 4. The summed E-state index contributed by atoms with van der Waals surface area (Å²) in [6.45, 7) is 1.89. The van der Waals surface area contributed by atoms with Gasteiger partial charge in [-0.05, 0) is 29.6 Å². The van der Waals surface area contributed by atoms with E-state index >= 15 is 0 Å². The molecule has 0 radical (unpaired) electrons. The Morgan fingerprint density at radius 1 is 1.17 bits per heavy atom. The zero-order valence-electron chi connectivity index (χ0n) is 13.3. The minimum absolute atomic E-state index is 0.399. The number of sulfonamides is 1. The normalized spacial score (nSPS) is 11.8. The van der Waals surface area contributed by atoms with Crippen molar-refractivity contribution in [2.24, 2.45) is 5.11 Å². The molecule has 1 atom stereocenters. The van der Waals surface area contributed by atoms with Gasteiger partial charge in [0.15, 0.2) is 0 Å². The van der Waals surface area contributed by atoms with Gasteiger partial charge in [-0.25, -0.2) is 8.42 Å². The standard InChI is InChI=1S/C17H16N4O2S/c1-13-7-3-5-9-15(13)17(20-24(2,22)23)12-11-14-8-4-6-10-16(14)19-21-18/h3-10,17,20H,1-2H3. The minimum atomic E-state index is -3.45. The summed E-state index contributed by atoms with van der Waals surface area (Å²) in [4.78, 5) is 2.77. The highest BCUT2D eigenvalue weighted by molar-refractivity contribution is 7.88. The minimum Gasteiger partial charge on any atom is -0.213 e. The van der Waals surface area contributed by atoms with Crippen molar-refractivity contribution in [3.05, 3.63) is 75.7 Å². The Kier molecular flexibility index (Phi) is 5.61. The molecule has 0 heterocycles. The second kappa shape index (κ2) is 7.66. The van der Waals surface area contributed by atoms with Gasteiger partial charge in [-0.15, -0.1) is 0 Å². The lowest BCUT2D eigenvalue weighted by Crippen LogP contribution is -2.27. The van der Waals surface area contributed by atoms with Crippen molar-refractivity contribution in [2.45, 2.75) is 13.0 Å². The lowest BCUT2D eigenvalue weighted by Gasteiger charge is -2.14. The molecular weight excluding hydrogens is 324 g/mol. The second-order valence-corrected chi connectivity index (χ2v) is 6.94. The third kappa shape index (κ3) is 4.86. The van der Waals surface area contributed by atoms with E-state index in [-0.39, 0.29) is 0 Å². The SMILES string of the molecule is Cc1ccccc1C(C#Cc1ccccc1N=[N+]=[N-])NS(C)(=O)=O. The second-order valence-electron chi connectivity index (χ2n) is 5.16. The predicted molar refractivity (Wildman–Crippen MR) is 94.0 cm³/mol. The van der Waals surface area contributed by atoms with Crippen LogP contribution in [0.3, 0.4) is 0 Å². The number of aryl methyl sites for hydroxylation is 1. The number of hydrogen-bond donors (Lipinski definition) is 1. The lowest BCUT2D eigenvalue weighted by atomic mass is 10.0. The molecule has 0 aliphatic carbocycles. The molecule has 6 nitrogen and oxygen atoms in total. The van der Waals surface area contributed by atoms with Crippen molar-refractivity contribution in [1.82, 2.24) is 4.72 Å². The molecular formula is C17H16N4O2S. The Hall–Kier alpha value is -2.78. The van der Waals surface area contributed by atoms with Gasteiger partial charge in [-0.1, -0.05) is 59.4 Å². The average molecular weight is 340 g/mol. The predicted octanol–water partition coefficient (Wildman–Crippen LogP) is 3.58. The van der Waals surface area contributed by atoms with Crippen LogP contribution >= 0.6 is 0 Å². The van der Waals surface area contributed by atoms with Gasteiger partial charge in [-0.2, -0.15) is 4.72 Å². The Morgan fingerprint density at radius 3 is 2.50 bits per heavy atom. The first-order valence-electron chi connectivity index (χ1n) is 7.09. The van der Waals surface area contributed by atoms with Gasteiger partial charge < -0.3 is 0 Å². The van der Waals surface area contributed by atoms with Crippen molar-refractivity contribution < 1.29 is 8.42 Å². The summed E-state index contributed by atoms with van der Waals surface area (Å²) < 4.78 is 25.9. The lowest BCUT2D eigenvalue weighted by molar-refractivity contribution is 0.582. The van der Waals surface area contributed by atoms with Crippen LogP contribution < -0.4 is 4.72 Å². The third-order valence-corrected chi connectivity index (χ3v) is 3.90. The van der Waals surface area contributed by atoms with E-state index in [0.717, 1.165) is 17.4 Å². The molecule has 0 fully saturated rings. The molecule has 0 spiro atoms. The van der Waals surface area contributed by atoms with E-state index in [0.29, 0.717) is 11.3 Å². The fraction of sp³-hybridized carbons (Fsp3) is 0.176. The first kappa shape index (κ1) is 17.6. The fourth-order valence-corrected chi connectivity index (χ4v) is 2.77. The molecule has 0 aliphatic heterocycles. The zero-order valence-corrected chi connectivity index (χ0v) is 14.1. The van der Waals surface area contributed by atoms with Crippen LogP contribution in [-0.2, 0) is 10.0 Å². The highest BCUT2D eigenvalue weighted by Crippen LogP contribution is 2.20. The van der Waals surface area contributed by atoms with E-state index in [1.807, 2.05) is 31.2 Å². The highest BCUT2D eigenvalue weighted by atomic mass is 32.2. The Balaban J connectivity index is 2.48. The van der Waals surface area contributed by atoms with Gasteiger partial charge in [0.05, 0.1) is 11.9 Å². The maximum atomic E-state index is 11.7. The molecule has 122 valence electrons. The first-order chi connectivity index (χ1) is 11.4. The molecule has 2 aromatic rings.